The van der Waals surface area contributed by atoms with Gasteiger partial charge in [0, 0.05) is 31.2 Å². The zero-order valence-corrected chi connectivity index (χ0v) is 13.1. The number of rotatable bonds is 0. The minimum Gasteiger partial charge on any atom is -0.353 e. The Morgan fingerprint density at radius 3 is 1.64 bits per heavy atom. The lowest BCUT2D eigenvalue weighted by molar-refractivity contribution is 1.57. The first kappa shape index (κ1) is 11.3. The van der Waals surface area contributed by atoms with Gasteiger partial charge in [0.25, 0.3) is 0 Å². The lowest BCUT2D eigenvalue weighted by Crippen LogP contribution is -1.72. The average Bonchev–Trinajstić information content (AvgIpc) is 3.25. The van der Waals surface area contributed by atoms with Crippen LogP contribution in [0.5, 0.6) is 0 Å². The first-order valence-electron chi connectivity index (χ1n) is 7.18. The highest BCUT2D eigenvalue weighted by atomic mass is 32.1. The van der Waals surface area contributed by atoms with Crippen molar-refractivity contribution in [3.05, 3.63) is 47.2 Å². The van der Waals surface area contributed by atoms with Gasteiger partial charge in [0.15, 0.2) is 0 Å². The molecule has 0 radical (unpaired) electrons. The largest absolute Gasteiger partial charge is 0.353 e. The number of aromatic amines is 2. The molecule has 0 unspecified atom stereocenters. The maximum atomic E-state index is 3.62. The van der Waals surface area contributed by atoms with E-state index in [1.807, 2.05) is 0 Å². The zero-order chi connectivity index (χ0) is 14.3. The number of nitrogens with one attached hydrogen (secondary N) is 2. The molecule has 2 aromatic carbocycles. The smallest absolute Gasteiger partial charge is 0.0725 e. The van der Waals surface area contributed by atoms with Gasteiger partial charge in [-0.3, -0.25) is 0 Å². The topological polar surface area (TPSA) is 31.6 Å². The van der Waals surface area contributed by atoms with Gasteiger partial charge in [0.2, 0.25) is 0 Å². The summed E-state index contributed by atoms with van der Waals surface area (Å²) in [6.07, 6.45) is 0. The summed E-state index contributed by atoms with van der Waals surface area (Å²) < 4.78 is 2.67. The molecule has 0 fully saturated rings. The van der Waals surface area contributed by atoms with E-state index in [0.717, 1.165) is 0 Å². The lowest BCUT2D eigenvalue weighted by Gasteiger charge is -1.94. The second kappa shape index (κ2) is 3.72. The minimum atomic E-state index is 1.21. The van der Waals surface area contributed by atoms with E-state index in [1.165, 1.54) is 53.0 Å². The summed E-state index contributed by atoms with van der Waals surface area (Å²) in [6.45, 7) is 0. The molecule has 0 amide bonds. The number of aromatic nitrogens is 2. The first-order valence-corrected chi connectivity index (χ1v) is 8.94. The standard InChI is InChI=1S/C18H10N2S2/c1-3-21-15-7-13-11(5-9(1)15)17-18(19-13)12-6-10-2-4-22-16(10)8-14(12)20-17/h1-8,19-20H. The summed E-state index contributed by atoms with van der Waals surface area (Å²) in [4.78, 5) is 7.24. The quantitative estimate of drug-likeness (QED) is 0.332. The molecule has 2 nitrogen and oxygen atoms in total. The molecule has 0 aliphatic heterocycles. The van der Waals surface area contributed by atoms with Crippen molar-refractivity contribution in [2.75, 3.05) is 0 Å². The molecule has 6 aromatic rings. The molecule has 2 N–H and O–H groups in total. The maximum Gasteiger partial charge on any atom is 0.0725 e. The molecule has 0 aliphatic rings. The van der Waals surface area contributed by atoms with Crippen molar-refractivity contribution < 1.29 is 0 Å². The van der Waals surface area contributed by atoms with E-state index in [0.29, 0.717) is 0 Å². The van der Waals surface area contributed by atoms with Crippen LogP contribution >= 0.6 is 22.7 Å². The Morgan fingerprint density at radius 2 is 1.14 bits per heavy atom. The summed E-state index contributed by atoms with van der Waals surface area (Å²) in [5, 5.41) is 9.50. The lowest BCUT2D eigenvalue weighted by atomic mass is 10.2. The predicted molar refractivity (Wildman–Crippen MR) is 98.4 cm³/mol. The Kier molecular flexibility index (Phi) is 1.91. The van der Waals surface area contributed by atoms with Crippen molar-refractivity contribution in [2.24, 2.45) is 0 Å². The van der Waals surface area contributed by atoms with Crippen LogP contribution < -0.4 is 0 Å². The molecule has 0 saturated carbocycles. The minimum absolute atomic E-state index is 1.21. The summed E-state index contributed by atoms with van der Waals surface area (Å²) in [5.41, 5.74) is 4.86. The Labute approximate surface area is 133 Å². The van der Waals surface area contributed by atoms with Crippen molar-refractivity contribution in [1.82, 2.24) is 9.97 Å². The molecule has 22 heavy (non-hydrogen) atoms. The van der Waals surface area contributed by atoms with Gasteiger partial charge in [-0.25, -0.2) is 0 Å². The van der Waals surface area contributed by atoms with Gasteiger partial charge in [-0.1, -0.05) is 0 Å². The van der Waals surface area contributed by atoms with Gasteiger partial charge in [0.1, 0.15) is 0 Å². The van der Waals surface area contributed by atoms with Crippen LogP contribution in [0.3, 0.4) is 0 Å². The molecule has 4 aromatic heterocycles. The van der Waals surface area contributed by atoms with Crippen LogP contribution in [0.1, 0.15) is 0 Å². The number of hydrogen-bond acceptors (Lipinski definition) is 2. The van der Waals surface area contributed by atoms with Gasteiger partial charge in [-0.2, -0.15) is 0 Å². The Morgan fingerprint density at radius 1 is 0.636 bits per heavy atom. The monoisotopic (exact) mass is 318 g/mol. The number of H-pyrrole nitrogens is 2. The van der Waals surface area contributed by atoms with E-state index in [-0.39, 0.29) is 0 Å². The van der Waals surface area contributed by atoms with Crippen molar-refractivity contribution >= 4 is 75.7 Å². The van der Waals surface area contributed by atoms with E-state index >= 15 is 0 Å². The molecule has 104 valence electrons. The van der Waals surface area contributed by atoms with Crippen molar-refractivity contribution in [1.29, 1.82) is 0 Å². The molecule has 0 saturated heterocycles. The van der Waals surface area contributed by atoms with Gasteiger partial charge in [-0.05, 0) is 57.9 Å². The Bertz CT molecular complexity index is 1220. The fraction of sp³-hybridized carbons (Fsp3) is 0. The number of hydrogen-bond donors (Lipinski definition) is 2. The highest BCUT2D eigenvalue weighted by Gasteiger charge is 2.13. The predicted octanol–water partition coefficient (Wildman–Crippen LogP) is 6.23. The summed E-state index contributed by atoms with van der Waals surface area (Å²) in [5.74, 6) is 0. The van der Waals surface area contributed by atoms with Crippen LogP contribution in [0, 0.1) is 0 Å². The fourth-order valence-corrected chi connectivity index (χ4v) is 5.06. The molecule has 4 heterocycles. The highest BCUT2D eigenvalue weighted by Crippen LogP contribution is 2.36. The van der Waals surface area contributed by atoms with E-state index in [4.69, 9.17) is 0 Å². The van der Waals surface area contributed by atoms with Gasteiger partial charge in [-0.15, -0.1) is 22.7 Å². The third-order valence-electron chi connectivity index (χ3n) is 4.49. The van der Waals surface area contributed by atoms with Crippen LogP contribution in [0.15, 0.2) is 47.2 Å². The molecule has 0 atom stereocenters. The second-order valence-corrected chi connectivity index (χ2v) is 7.61. The van der Waals surface area contributed by atoms with Crippen molar-refractivity contribution in [3.63, 3.8) is 0 Å². The van der Waals surface area contributed by atoms with Crippen LogP contribution in [-0.2, 0) is 0 Å². The van der Waals surface area contributed by atoms with E-state index in [2.05, 4.69) is 57.1 Å². The van der Waals surface area contributed by atoms with Crippen molar-refractivity contribution in [2.45, 2.75) is 0 Å². The van der Waals surface area contributed by atoms with E-state index in [9.17, 15) is 0 Å². The molecule has 0 spiro atoms. The normalized spacial score (nSPS) is 12.5. The molecule has 6 rings (SSSR count). The maximum absolute atomic E-state index is 3.62. The summed E-state index contributed by atoms with van der Waals surface area (Å²) in [6, 6.07) is 13.5. The molecular formula is C18H10N2S2. The molecule has 0 aliphatic carbocycles. The van der Waals surface area contributed by atoms with Crippen LogP contribution in [0.4, 0.5) is 0 Å². The van der Waals surface area contributed by atoms with Gasteiger partial charge < -0.3 is 9.97 Å². The van der Waals surface area contributed by atoms with E-state index in [1.54, 1.807) is 22.7 Å². The highest BCUT2D eigenvalue weighted by molar-refractivity contribution is 7.17. The molecule has 4 heteroatoms. The van der Waals surface area contributed by atoms with Gasteiger partial charge >= 0.3 is 0 Å². The van der Waals surface area contributed by atoms with Crippen LogP contribution in [-0.4, -0.2) is 9.97 Å². The first-order chi connectivity index (χ1) is 10.9. The van der Waals surface area contributed by atoms with Crippen LogP contribution in [0.25, 0.3) is 53.0 Å². The number of benzene rings is 2. The summed E-state index contributed by atoms with van der Waals surface area (Å²) in [7, 11) is 0. The number of thiophene rings is 2. The summed E-state index contributed by atoms with van der Waals surface area (Å²) >= 11 is 3.58. The third-order valence-corrected chi connectivity index (χ3v) is 6.25. The SMILES string of the molecule is c1cc2cc3c(cc2s1)[nH]c1c2cc4ccsc4cc2[nH]c31. The zero-order valence-electron chi connectivity index (χ0n) is 11.4. The molecular weight excluding hydrogens is 308 g/mol. The van der Waals surface area contributed by atoms with E-state index < -0.39 is 0 Å². The molecule has 0 bridgehead atoms. The van der Waals surface area contributed by atoms with Gasteiger partial charge in [0.05, 0.1) is 11.0 Å². The Balaban J connectivity index is 1.86. The van der Waals surface area contributed by atoms with Crippen LogP contribution in [0.2, 0.25) is 0 Å². The average molecular weight is 318 g/mol. The number of fused-ring (bicyclic) bond motifs is 7. The Hall–Kier alpha value is -2.30. The van der Waals surface area contributed by atoms with Crippen molar-refractivity contribution in [3.8, 4) is 0 Å². The fourth-order valence-electron chi connectivity index (χ4n) is 3.44. The third kappa shape index (κ3) is 1.30. The second-order valence-electron chi connectivity index (χ2n) is 5.71.